The Kier molecular flexibility index (Phi) is 8.15. The van der Waals surface area contributed by atoms with Gasteiger partial charge in [-0.3, -0.25) is 4.68 Å². The maximum absolute atomic E-state index is 5.79. The summed E-state index contributed by atoms with van der Waals surface area (Å²) in [5, 5.41) is 8.08. The molecular formula is C15H28ClN3. The number of aromatic nitrogens is 2. The van der Waals surface area contributed by atoms with Crippen molar-refractivity contribution < 1.29 is 0 Å². The number of hydrogen-bond donors (Lipinski definition) is 1. The molecule has 1 N–H and O–H groups in total. The maximum atomic E-state index is 5.79. The van der Waals surface area contributed by atoms with E-state index in [4.69, 9.17) is 11.6 Å². The molecular weight excluding hydrogens is 258 g/mol. The average molecular weight is 286 g/mol. The third kappa shape index (κ3) is 5.96. The van der Waals surface area contributed by atoms with E-state index in [1.807, 2.05) is 0 Å². The molecule has 0 saturated carbocycles. The van der Waals surface area contributed by atoms with Crippen LogP contribution in [0, 0.1) is 5.92 Å². The first-order valence-electron chi connectivity index (χ1n) is 7.51. The van der Waals surface area contributed by atoms with Crippen molar-refractivity contribution in [2.45, 2.75) is 59.0 Å². The van der Waals surface area contributed by atoms with Gasteiger partial charge in [-0.2, -0.15) is 5.10 Å². The summed E-state index contributed by atoms with van der Waals surface area (Å²) in [5.41, 5.74) is 1.14. The summed E-state index contributed by atoms with van der Waals surface area (Å²) < 4.78 is 2.10. The van der Waals surface area contributed by atoms with Crippen LogP contribution in [-0.2, 0) is 6.54 Å². The molecule has 1 unspecified atom stereocenters. The van der Waals surface area contributed by atoms with E-state index in [1.54, 1.807) is 0 Å². The topological polar surface area (TPSA) is 29.9 Å². The van der Waals surface area contributed by atoms with Gasteiger partial charge < -0.3 is 5.32 Å². The van der Waals surface area contributed by atoms with Crippen LogP contribution < -0.4 is 5.32 Å². The van der Waals surface area contributed by atoms with Gasteiger partial charge >= 0.3 is 0 Å². The van der Waals surface area contributed by atoms with Crippen LogP contribution >= 0.6 is 11.6 Å². The fourth-order valence-electron chi connectivity index (χ4n) is 2.21. The minimum atomic E-state index is 0.540. The fourth-order valence-corrected chi connectivity index (χ4v) is 2.36. The van der Waals surface area contributed by atoms with Crippen molar-refractivity contribution in [3.63, 3.8) is 0 Å². The third-order valence-corrected chi connectivity index (χ3v) is 4.13. The average Bonchev–Trinajstić information content (AvgIpc) is 2.88. The molecule has 0 aromatic carbocycles. The van der Waals surface area contributed by atoms with Gasteiger partial charge in [-0.25, -0.2) is 0 Å². The Labute approximate surface area is 122 Å². The molecule has 0 radical (unpaired) electrons. The van der Waals surface area contributed by atoms with E-state index in [0.29, 0.717) is 12.0 Å². The lowest BCUT2D eigenvalue weighted by Crippen LogP contribution is -2.16. The molecule has 1 rings (SSSR count). The molecule has 1 atom stereocenters. The van der Waals surface area contributed by atoms with Crippen LogP contribution in [0.15, 0.2) is 12.3 Å². The van der Waals surface area contributed by atoms with Gasteiger partial charge in [-0.1, -0.05) is 20.8 Å². The van der Waals surface area contributed by atoms with E-state index in [0.717, 1.165) is 37.5 Å². The molecule has 0 aliphatic rings. The lowest BCUT2D eigenvalue weighted by molar-refractivity contribution is 0.423. The van der Waals surface area contributed by atoms with Gasteiger partial charge in [0.15, 0.2) is 0 Å². The van der Waals surface area contributed by atoms with Crippen LogP contribution in [0.3, 0.4) is 0 Å². The molecule has 4 heteroatoms. The number of alkyl halides is 1. The van der Waals surface area contributed by atoms with Gasteiger partial charge in [0.25, 0.3) is 0 Å². The molecule has 1 aromatic heterocycles. The van der Waals surface area contributed by atoms with Crippen molar-refractivity contribution in [2.75, 3.05) is 12.4 Å². The maximum Gasteiger partial charge on any atom is 0.0762 e. The van der Waals surface area contributed by atoms with Crippen molar-refractivity contribution >= 4 is 11.6 Å². The Morgan fingerprint density at radius 1 is 1.37 bits per heavy atom. The van der Waals surface area contributed by atoms with Gasteiger partial charge in [-0.15, -0.1) is 11.6 Å². The first kappa shape index (κ1) is 16.5. The van der Waals surface area contributed by atoms with E-state index in [1.165, 1.54) is 12.8 Å². The molecule has 1 heterocycles. The Morgan fingerprint density at radius 2 is 2.11 bits per heavy atom. The summed E-state index contributed by atoms with van der Waals surface area (Å²) in [5.74, 6) is 1.39. The van der Waals surface area contributed by atoms with Crippen molar-refractivity contribution in [3.05, 3.63) is 18.0 Å². The lowest BCUT2D eigenvalue weighted by Gasteiger charge is -2.12. The SMILES string of the molecule is CCC(CC)n1ccc(CNCCCC(C)CCl)n1. The predicted molar refractivity (Wildman–Crippen MR) is 82.7 cm³/mol. The number of rotatable bonds is 10. The third-order valence-electron chi connectivity index (χ3n) is 3.60. The highest BCUT2D eigenvalue weighted by molar-refractivity contribution is 6.18. The zero-order chi connectivity index (χ0) is 14.1. The van der Waals surface area contributed by atoms with Gasteiger partial charge in [0.1, 0.15) is 0 Å². The minimum Gasteiger partial charge on any atom is -0.311 e. The smallest absolute Gasteiger partial charge is 0.0762 e. The monoisotopic (exact) mass is 285 g/mol. The van der Waals surface area contributed by atoms with E-state index in [9.17, 15) is 0 Å². The molecule has 0 spiro atoms. The van der Waals surface area contributed by atoms with Crippen molar-refractivity contribution in [2.24, 2.45) is 5.92 Å². The van der Waals surface area contributed by atoms with Crippen LogP contribution in [0.1, 0.15) is 58.2 Å². The normalized spacial score (nSPS) is 13.1. The highest BCUT2D eigenvalue weighted by Crippen LogP contribution is 2.14. The number of hydrogen-bond acceptors (Lipinski definition) is 2. The Hall–Kier alpha value is -0.540. The van der Waals surface area contributed by atoms with Crippen LogP contribution in [0.4, 0.5) is 0 Å². The zero-order valence-electron chi connectivity index (χ0n) is 12.5. The standard InChI is InChI=1S/C15H28ClN3/c1-4-15(5-2)19-10-8-14(18-19)12-17-9-6-7-13(3)11-16/h8,10,13,15,17H,4-7,9,11-12H2,1-3H3. The Balaban J connectivity index is 2.23. The van der Waals surface area contributed by atoms with Crippen molar-refractivity contribution in [3.8, 4) is 0 Å². The Bertz CT molecular complexity index is 334. The second kappa shape index (κ2) is 9.38. The Morgan fingerprint density at radius 3 is 2.74 bits per heavy atom. The summed E-state index contributed by atoms with van der Waals surface area (Å²) in [6.45, 7) is 8.53. The van der Waals surface area contributed by atoms with Crippen LogP contribution in [0.5, 0.6) is 0 Å². The first-order valence-corrected chi connectivity index (χ1v) is 8.05. The van der Waals surface area contributed by atoms with E-state index in [-0.39, 0.29) is 0 Å². The fraction of sp³-hybridized carbons (Fsp3) is 0.800. The summed E-state index contributed by atoms with van der Waals surface area (Å²) in [6, 6.07) is 2.66. The van der Waals surface area contributed by atoms with Crippen molar-refractivity contribution in [1.29, 1.82) is 0 Å². The largest absolute Gasteiger partial charge is 0.311 e. The van der Waals surface area contributed by atoms with Gasteiger partial charge in [0.05, 0.1) is 11.7 Å². The highest BCUT2D eigenvalue weighted by atomic mass is 35.5. The van der Waals surface area contributed by atoms with E-state index < -0.39 is 0 Å². The second-order valence-electron chi connectivity index (χ2n) is 5.34. The number of halogens is 1. The molecule has 19 heavy (non-hydrogen) atoms. The van der Waals surface area contributed by atoms with Gasteiger partial charge in [0.2, 0.25) is 0 Å². The highest BCUT2D eigenvalue weighted by Gasteiger charge is 2.07. The van der Waals surface area contributed by atoms with Gasteiger partial charge in [0, 0.05) is 18.6 Å². The quantitative estimate of drug-likeness (QED) is 0.520. The summed E-state index contributed by atoms with van der Waals surface area (Å²) in [7, 11) is 0. The molecule has 0 fully saturated rings. The summed E-state index contributed by atoms with van der Waals surface area (Å²) in [4.78, 5) is 0. The molecule has 1 aromatic rings. The molecule has 0 saturated heterocycles. The molecule has 3 nitrogen and oxygen atoms in total. The molecule has 110 valence electrons. The van der Waals surface area contributed by atoms with Crippen molar-refractivity contribution in [1.82, 2.24) is 15.1 Å². The lowest BCUT2D eigenvalue weighted by atomic mass is 10.1. The van der Waals surface area contributed by atoms with Gasteiger partial charge in [-0.05, 0) is 44.2 Å². The molecule has 0 aliphatic carbocycles. The zero-order valence-corrected chi connectivity index (χ0v) is 13.3. The molecule has 0 amide bonds. The number of nitrogens with one attached hydrogen (secondary N) is 1. The van der Waals surface area contributed by atoms with Crippen LogP contribution in [-0.4, -0.2) is 22.2 Å². The predicted octanol–water partition coefficient (Wildman–Crippen LogP) is 3.99. The minimum absolute atomic E-state index is 0.540. The van der Waals surface area contributed by atoms with Crippen LogP contribution in [0.25, 0.3) is 0 Å². The molecule has 0 bridgehead atoms. The number of nitrogens with zero attached hydrogens (tertiary/aromatic N) is 2. The van der Waals surface area contributed by atoms with E-state index in [2.05, 4.69) is 48.1 Å². The summed E-state index contributed by atoms with van der Waals surface area (Å²) >= 11 is 5.79. The van der Waals surface area contributed by atoms with E-state index >= 15 is 0 Å². The van der Waals surface area contributed by atoms with Crippen LogP contribution in [0.2, 0.25) is 0 Å². The summed E-state index contributed by atoms with van der Waals surface area (Å²) in [6.07, 6.45) is 6.76. The molecule has 0 aliphatic heterocycles. The second-order valence-corrected chi connectivity index (χ2v) is 5.64. The first-order chi connectivity index (χ1) is 9.21.